The molecule has 15 heavy (non-hydrogen) atoms. The lowest BCUT2D eigenvalue weighted by molar-refractivity contribution is 0.681. The second-order valence-corrected chi connectivity index (χ2v) is 5.50. The van der Waals surface area contributed by atoms with Gasteiger partial charge in [0.05, 0.1) is 15.5 Å². The van der Waals surface area contributed by atoms with Gasteiger partial charge in [-0.15, -0.1) is 0 Å². The van der Waals surface area contributed by atoms with Gasteiger partial charge in [-0.05, 0) is 17.0 Å². The molecule has 1 heterocycles. The maximum Gasteiger partial charge on any atom is 0.141 e. The summed E-state index contributed by atoms with van der Waals surface area (Å²) in [6.07, 6.45) is 1.72. The first-order valence-corrected chi connectivity index (χ1v) is 6.34. The molecule has 3 nitrogen and oxygen atoms in total. The topological polar surface area (TPSA) is 55.4 Å². The van der Waals surface area contributed by atoms with Gasteiger partial charge in [-0.1, -0.05) is 30.9 Å². The van der Waals surface area contributed by atoms with Crippen LogP contribution in [0.1, 0.15) is 16.7 Å². The van der Waals surface area contributed by atoms with Crippen LogP contribution in [-0.2, 0) is 15.5 Å². The molecule has 2 N–H and O–H groups in total. The van der Waals surface area contributed by atoms with E-state index in [4.69, 9.17) is 5.73 Å². The number of hydrogen-bond acceptors (Lipinski definition) is 2. The lowest BCUT2D eigenvalue weighted by atomic mass is 10.0. The molecule has 78 valence electrons. The first-order chi connectivity index (χ1) is 7.03. The van der Waals surface area contributed by atoms with Crippen molar-refractivity contribution in [1.82, 2.24) is 0 Å². The second kappa shape index (κ2) is 3.24. The van der Waals surface area contributed by atoms with Crippen LogP contribution < -0.4 is 5.73 Å². The van der Waals surface area contributed by atoms with Crippen LogP contribution in [0.3, 0.4) is 0 Å². The number of nitrogens with two attached hydrogens (primary N) is 1. The van der Waals surface area contributed by atoms with E-state index < -0.39 is 9.71 Å². The molecule has 1 atom stereocenters. The molecule has 2 rings (SSSR count). The maximum atomic E-state index is 11.8. The Kier molecular flexibility index (Phi) is 2.16. The van der Waals surface area contributed by atoms with Crippen molar-refractivity contribution < 1.29 is 4.21 Å². The van der Waals surface area contributed by atoms with Gasteiger partial charge in [0.1, 0.15) is 5.84 Å². The molecule has 1 unspecified atom stereocenters. The SMILES string of the molecule is C=Cc1cccc2c1C(N)=NS(=C)(=O)C2. The Morgan fingerprint density at radius 3 is 2.93 bits per heavy atom. The van der Waals surface area contributed by atoms with Crippen LogP contribution in [0.5, 0.6) is 0 Å². The van der Waals surface area contributed by atoms with Crippen molar-refractivity contribution >= 4 is 27.5 Å². The first kappa shape index (κ1) is 9.98. The lowest BCUT2D eigenvalue weighted by Crippen LogP contribution is -2.24. The molecule has 0 fully saturated rings. The standard InChI is InChI=1S/C11H12N2OS/c1-3-8-5-4-6-9-7-15(2,14)13-11(12)10(8)9/h3-6H,1-2,7H2,(H2,12,13,14). The smallest absolute Gasteiger partial charge is 0.141 e. The van der Waals surface area contributed by atoms with Crippen molar-refractivity contribution in [3.05, 3.63) is 41.5 Å². The fraction of sp³-hybridized carbons (Fsp3) is 0.0909. The monoisotopic (exact) mass is 220 g/mol. The van der Waals surface area contributed by atoms with Crippen LogP contribution in [-0.4, -0.2) is 15.9 Å². The predicted octanol–water partition coefficient (Wildman–Crippen LogP) is 1.18. The summed E-state index contributed by atoms with van der Waals surface area (Å²) in [5, 5.41) is 0. The van der Waals surface area contributed by atoms with E-state index in [1.165, 1.54) is 0 Å². The summed E-state index contributed by atoms with van der Waals surface area (Å²) in [6, 6.07) is 5.70. The Morgan fingerprint density at radius 2 is 2.27 bits per heavy atom. The number of benzene rings is 1. The summed E-state index contributed by atoms with van der Waals surface area (Å²) in [5.74, 6) is 4.22. The molecular weight excluding hydrogens is 208 g/mol. The van der Waals surface area contributed by atoms with Crippen molar-refractivity contribution in [2.45, 2.75) is 5.75 Å². The summed E-state index contributed by atoms with van der Waals surface area (Å²) < 4.78 is 15.7. The third kappa shape index (κ3) is 1.68. The quantitative estimate of drug-likeness (QED) is 0.722. The minimum atomic E-state index is -2.44. The average molecular weight is 220 g/mol. The zero-order chi connectivity index (χ0) is 11.1. The summed E-state index contributed by atoms with van der Waals surface area (Å²) >= 11 is 0. The molecule has 0 saturated heterocycles. The summed E-state index contributed by atoms with van der Waals surface area (Å²) in [5.41, 5.74) is 8.47. The van der Waals surface area contributed by atoms with E-state index in [1.807, 2.05) is 18.2 Å². The molecule has 4 heteroatoms. The predicted molar refractivity (Wildman–Crippen MR) is 66.2 cm³/mol. The van der Waals surface area contributed by atoms with Gasteiger partial charge in [-0.2, -0.15) is 4.40 Å². The Labute approximate surface area is 89.5 Å². The summed E-state index contributed by atoms with van der Waals surface area (Å²) in [6.45, 7) is 3.71. The van der Waals surface area contributed by atoms with Gasteiger partial charge in [-0.25, -0.2) is 4.21 Å². The number of fused-ring (bicyclic) bond motifs is 1. The third-order valence-electron chi connectivity index (χ3n) is 2.30. The molecular formula is C11H12N2OS. The van der Waals surface area contributed by atoms with Crippen molar-refractivity contribution in [1.29, 1.82) is 0 Å². The molecule has 0 saturated carbocycles. The third-order valence-corrected chi connectivity index (χ3v) is 3.60. The van der Waals surface area contributed by atoms with Gasteiger partial charge in [-0.3, -0.25) is 0 Å². The zero-order valence-corrected chi connectivity index (χ0v) is 9.09. The van der Waals surface area contributed by atoms with Crippen molar-refractivity contribution in [2.75, 3.05) is 0 Å². The largest absolute Gasteiger partial charge is 0.383 e. The zero-order valence-electron chi connectivity index (χ0n) is 8.27. The van der Waals surface area contributed by atoms with Gasteiger partial charge < -0.3 is 5.73 Å². The number of rotatable bonds is 1. The van der Waals surface area contributed by atoms with Crippen molar-refractivity contribution in [3.63, 3.8) is 0 Å². The number of hydrogen-bond donors (Lipinski definition) is 1. The molecule has 1 aliphatic heterocycles. The minimum absolute atomic E-state index is 0.298. The molecule has 1 aromatic carbocycles. The van der Waals surface area contributed by atoms with E-state index in [9.17, 15) is 4.21 Å². The molecule has 0 amide bonds. The molecule has 1 aliphatic rings. The van der Waals surface area contributed by atoms with E-state index in [0.717, 1.165) is 16.7 Å². The van der Waals surface area contributed by atoms with Gasteiger partial charge >= 0.3 is 0 Å². The van der Waals surface area contributed by atoms with E-state index >= 15 is 0 Å². The maximum absolute atomic E-state index is 11.8. The fourth-order valence-corrected chi connectivity index (χ4v) is 2.96. The Bertz CT molecular complexity index is 556. The molecule has 0 aromatic heterocycles. The highest BCUT2D eigenvalue weighted by molar-refractivity contribution is 7.98. The molecule has 0 bridgehead atoms. The van der Waals surface area contributed by atoms with Gasteiger partial charge in [0.25, 0.3) is 0 Å². The van der Waals surface area contributed by atoms with Crippen LogP contribution in [0, 0.1) is 0 Å². The normalized spacial score (nSPS) is 24.1. The van der Waals surface area contributed by atoms with Crippen LogP contribution in [0.4, 0.5) is 0 Å². The highest BCUT2D eigenvalue weighted by Gasteiger charge is 2.19. The van der Waals surface area contributed by atoms with Crippen LogP contribution in [0.2, 0.25) is 0 Å². The van der Waals surface area contributed by atoms with Gasteiger partial charge in [0, 0.05) is 5.56 Å². The van der Waals surface area contributed by atoms with E-state index in [0.29, 0.717) is 11.6 Å². The van der Waals surface area contributed by atoms with Crippen LogP contribution in [0.25, 0.3) is 6.08 Å². The fourth-order valence-electron chi connectivity index (χ4n) is 1.72. The molecule has 0 spiro atoms. The van der Waals surface area contributed by atoms with E-state index in [1.54, 1.807) is 6.08 Å². The van der Waals surface area contributed by atoms with Crippen molar-refractivity contribution in [2.24, 2.45) is 10.1 Å². The van der Waals surface area contributed by atoms with E-state index in [2.05, 4.69) is 16.8 Å². The summed E-state index contributed by atoms with van der Waals surface area (Å²) in [4.78, 5) is 0. The van der Waals surface area contributed by atoms with Gasteiger partial charge in [0.2, 0.25) is 0 Å². The molecule has 0 aliphatic carbocycles. The van der Waals surface area contributed by atoms with Crippen LogP contribution >= 0.6 is 0 Å². The number of amidine groups is 1. The highest BCUT2D eigenvalue weighted by Crippen LogP contribution is 2.23. The van der Waals surface area contributed by atoms with E-state index in [-0.39, 0.29) is 0 Å². The molecule has 1 aromatic rings. The minimum Gasteiger partial charge on any atom is -0.383 e. The second-order valence-electron chi connectivity index (χ2n) is 3.48. The molecule has 0 radical (unpaired) electrons. The average Bonchev–Trinajstić information content (AvgIpc) is 2.14. The Balaban J connectivity index is 2.75. The lowest BCUT2D eigenvalue weighted by Gasteiger charge is -2.18. The van der Waals surface area contributed by atoms with Gasteiger partial charge in [0.15, 0.2) is 0 Å². The Hall–Kier alpha value is -1.55. The van der Waals surface area contributed by atoms with Crippen LogP contribution in [0.15, 0.2) is 29.2 Å². The Morgan fingerprint density at radius 1 is 1.53 bits per heavy atom. The van der Waals surface area contributed by atoms with Crippen molar-refractivity contribution in [3.8, 4) is 0 Å². The highest BCUT2D eigenvalue weighted by atomic mass is 32.2. The first-order valence-electron chi connectivity index (χ1n) is 4.48. The number of nitrogens with zero attached hydrogens (tertiary/aromatic N) is 1. The summed E-state index contributed by atoms with van der Waals surface area (Å²) in [7, 11) is -2.44.